The lowest BCUT2D eigenvalue weighted by atomic mass is 10.2. The fourth-order valence-corrected chi connectivity index (χ4v) is 4.19. The van der Waals surface area contributed by atoms with Crippen molar-refractivity contribution in [3.8, 4) is 5.75 Å². The third-order valence-electron chi connectivity index (χ3n) is 4.24. The van der Waals surface area contributed by atoms with Crippen LogP contribution in [0.1, 0.15) is 24.6 Å². The largest absolute Gasteiger partial charge is 0.619 e. The van der Waals surface area contributed by atoms with E-state index in [-0.39, 0.29) is 19.3 Å². The first-order valence-electron chi connectivity index (χ1n) is 9.07. The number of nitrogens with zero attached hydrogens (tertiary/aromatic N) is 1. The van der Waals surface area contributed by atoms with E-state index in [1.54, 1.807) is 12.1 Å². The van der Waals surface area contributed by atoms with Gasteiger partial charge in [0, 0.05) is 32.0 Å². The van der Waals surface area contributed by atoms with Crippen LogP contribution in [0.5, 0.6) is 5.75 Å². The summed E-state index contributed by atoms with van der Waals surface area (Å²) in [4.78, 5) is 35.6. The summed E-state index contributed by atoms with van der Waals surface area (Å²) in [6.07, 6.45) is 1.80. The van der Waals surface area contributed by atoms with Gasteiger partial charge in [0.15, 0.2) is 5.75 Å². The molecule has 0 saturated carbocycles. The highest BCUT2D eigenvalue weighted by molar-refractivity contribution is 7.55. The Bertz CT molecular complexity index is 919. The van der Waals surface area contributed by atoms with Crippen molar-refractivity contribution in [2.45, 2.75) is 31.8 Å². The van der Waals surface area contributed by atoms with Crippen molar-refractivity contribution in [2.75, 3.05) is 20.8 Å². The molecule has 4 N–H and O–H groups in total. The highest BCUT2D eigenvalue weighted by Crippen LogP contribution is 2.61. The van der Waals surface area contributed by atoms with Crippen molar-refractivity contribution in [1.82, 2.24) is 9.55 Å². The molecule has 2 aromatic rings. The van der Waals surface area contributed by atoms with Gasteiger partial charge in [-0.3, -0.25) is 18.9 Å². The highest BCUT2D eigenvalue weighted by atomic mass is 31.2. The number of para-hydroxylation sites is 1. The fraction of sp³-hybridized carbons (Fsp3) is 0.444. The summed E-state index contributed by atoms with van der Waals surface area (Å²) in [5, 5.41) is 14.0. The number of nitrogens with one attached hydrogen (secondary N) is 1. The third-order valence-corrected chi connectivity index (χ3v) is 5.60. The molecule has 1 fully saturated rings. The topological polar surface area (TPSA) is 152 Å². The fourth-order valence-electron chi connectivity index (χ4n) is 2.92. The van der Waals surface area contributed by atoms with Crippen molar-refractivity contribution in [3.63, 3.8) is 0 Å². The van der Waals surface area contributed by atoms with Crippen molar-refractivity contribution < 1.29 is 33.4 Å². The molecule has 2 aliphatic heterocycles. The number of aliphatic hydroxyl groups excluding tert-OH is 2. The van der Waals surface area contributed by atoms with Gasteiger partial charge in [0.1, 0.15) is 19.4 Å². The number of aromatic amines is 1. The van der Waals surface area contributed by atoms with Gasteiger partial charge in [-0.25, -0.2) is 4.79 Å². The molecule has 0 radical (unpaired) electrons. The van der Waals surface area contributed by atoms with Crippen LogP contribution < -0.4 is 15.8 Å². The molecule has 2 aliphatic rings. The average Bonchev–Trinajstić information content (AvgIpc) is 3.24. The van der Waals surface area contributed by atoms with Crippen LogP contribution in [0.4, 0.5) is 0 Å². The van der Waals surface area contributed by atoms with Crippen LogP contribution in [-0.2, 0) is 20.4 Å². The van der Waals surface area contributed by atoms with Gasteiger partial charge in [-0.1, -0.05) is 18.2 Å². The lowest BCUT2D eigenvalue weighted by Crippen LogP contribution is -2.31. The number of hydrogen-bond acceptors (Lipinski definition) is 9. The van der Waals surface area contributed by atoms with Crippen LogP contribution in [0.2, 0.25) is 0 Å². The number of fused-ring (bicyclic) bond motifs is 1. The molecule has 1 saturated heterocycles. The van der Waals surface area contributed by atoms with E-state index in [2.05, 4.69) is 4.98 Å². The molecule has 0 aliphatic carbocycles. The van der Waals surface area contributed by atoms with Gasteiger partial charge in [0.05, 0.1) is 6.10 Å². The number of rotatable bonds is 4. The maximum atomic E-state index is 11.8. The molecule has 11 nitrogen and oxygen atoms in total. The number of hydrogen-bond donors (Lipinski definition) is 4. The number of ether oxygens (including phenoxy) is 1. The minimum Gasteiger partial charge on any atom is -0.400 e. The molecule has 3 heterocycles. The van der Waals surface area contributed by atoms with Crippen LogP contribution in [0, 0.1) is 0 Å². The highest BCUT2D eigenvalue weighted by Gasteiger charge is 2.51. The van der Waals surface area contributed by atoms with E-state index in [0.29, 0.717) is 18.6 Å². The summed E-state index contributed by atoms with van der Waals surface area (Å²) in [5.74, 6) is 0.541. The molecular weight excluding hydrogens is 419 g/mol. The normalized spacial score (nSPS) is 24.4. The summed E-state index contributed by atoms with van der Waals surface area (Å²) < 4.78 is 23.5. The quantitative estimate of drug-likeness (QED) is 0.499. The molecule has 166 valence electrons. The Hall–Kier alpha value is -2.11. The van der Waals surface area contributed by atoms with E-state index in [0.717, 1.165) is 19.8 Å². The summed E-state index contributed by atoms with van der Waals surface area (Å²) in [6.45, 7) is 0.280. The number of H-pyrrole nitrogens is 1. The van der Waals surface area contributed by atoms with Gasteiger partial charge < -0.3 is 14.9 Å². The predicted molar refractivity (Wildman–Crippen MR) is 108 cm³/mol. The smallest absolute Gasteiger partial charge is 0.400 e. The van der Waals surface area contributed by atoms with E-state index in [1.807, 2.05) is 12.1 Å². The van der Waals surface area contributed by atoms with Gasteiger partial charge in [-0.05, 0) is 18.9 Å². The van der Waals surface area contributed by atoms with Gasteiger partial charge >= 0.3 is 13.9 Å². The Morgan fingerprint density at radius 3 is 2.63 bits per heavy atom. The SMILES string of the molecule is CO.CO.O=c1ccn(C2CCC(CO[P+]3(O)OCc4ccccc4O3)O2)c(=O)[nH]1. The summed E-state index contributed by atoms with van der Waals surface area (Å²) in [5.41, 5.74) is -0.135. The molecule has 3 atom stereocenters. The van der Waals surface area contributed by atoms with Crippen molar-refractivity contribution in [1.29, 1.82) is 0 Å². The molecular formula is C18H26N2O9P+. The van der Waals surface area contributed by atoms with Gasteiger partial charge in [0.25, 0.3) is 5.56 Å². The van der Waals surface area contributed by atoms with Crippen molar-refractivity contribution in [2.24, 2.45) is 0 Å². The lowest BCUT2D eigenvalue weighted by molar-refractivity contribution is -0.0301. The molecule has 3 unspecified atom stereocenters. The Labute approximate surface area is 173 Å². The maximum absolute atomic E-state index is 11.8. The van der Waals surface area contributed by atoms with Crippen molar-refractivity contribution >= 4 is 8.17 Å². The van der Waals surface area contributed by atoms with E-state index >= 15 is 0 Å². The van der Waals surface area contributed by atoms with E-state index < -0.39 is 25.6 Å². The van der Waals surface area contributed by atoms with Crippen LogP contribution in [-0.4, -0.2) is 51.6 Å². The molecule has 12 heteroatoms. The lowest BCUT2D eigenvalue weighted by Gasteiger charge is -2.22. The standard InChI is InChI=1S/C16H17N2O7P.2CH4O/c19-14-7-8-18(16(20)17-14)15-6-5-12(24-15)10-23-26(21)22-9-11-3-1-2-4-13(11)25-26;2*1-2/h1-4,7-8,12,15,21H,5-6,9-10H2;2*2H,1H3/p+1. The Kier molecular flexibility index (Phi) is 9.12. The van der Waals surface area contributed by atoms with E-state index in [4.69, 9.17) is 28.5 Å². The van der Waals surface area contributed by atoms with Gasteiger partial charge in [-0.15, -0.1) is 9.05 Å². The first-order chi connectivity index (χ1) is 14.5. The monoisotopic (exact) mass is 445 g/mol. The van der Waals surface area contributed by atoms with Crippen molar-refractivity contribution in [3.05, 3.63) is 62.9 Å². The van der Waals surface area contributed by atoms with Gasteiger partial charge in [0.2, 0.25) is 0 Å². The second kappa shape index (κ2) is 11.3. The maximum Gasteiger partial charge on any atom is 0.619 e. The molecule has 0 bridgehead atoms. The van der Waals surface area contributed by atoms with E-state index in [1.165, 1.54) is 16.8 Å². The zero-order valence-electron chi connectivity index (χ0n) is 16.6. The summed E-state index contributed by atoms with van der Waals surface area (Å²) in [6, 6.07) is 8.54. The molecule has 0 amide bonds. The van der Waals surface area contributed by atoms with Crippen LogP contribution in [0.25, 0.3) is 0 Å². The summed E-state index contributed by atoms with van der Waals surface area (Å²) in [7, 11) is -1.45. The second-order valence-corrected chi connectivity index (χ2v) is 7.68. The molecule has 1 aromatic heterocycles. The zero-order chi connectivity index (χ0) is 22.1. The van der Waals surface area contributed by atoms with Crippen LogP contribution >= 0.6 is 8.17 Å². The summed E-state index contributed by atoms with van der Waals surface area (Å²) >= 11 is 0. The number of aliphatic hydroxyl groups is 2. The Morgan fingerprint density at radius 1 is 1.17 bits per heavy atom. The predicted octanol–water partition coefficient (Wildman–Crippen LogP) is 0.727. The van der Waals surface area contributed by atoms with Crippen LogP contribution in [0.15, 0.2) is 46.1 Å². The number of benzene rings is 1. The van der Waals surface area contributed by atoms with E-state index in [9.17, 15) is 14.5 Å². The first-order valence-corrected chi connectivity index (χ1v) is 10.6. The molecule has 4 rings (SSSR count). The second-order valence-electron chi connectivity index (χ2n) is 6.04. The van der Waals surface area contributed by atoms with Crippen LogP contribution in [0.3, 0.4) is 0 Å². The zero-order valence-corrected chi connectivity index (χ0v) is 17.5. The number of aromatic nitrogens is 2. The molecule has 1 aromatic carbocycles. The third kappa shape index (κ3) is 5.96. The van der Waals surface area contributed by atoms with Gasteiger partial charge in [-0.2, -0.15) is 4.89 Å². The minimum absolute atomic E-state index is 0.0705. The average molecular weight is 445 g/mol. The first kappa shape index (κ1) is 24.2. The molecule has 0 spiro atoms. The molecule has 30 heavy (non-hydrogen) atoms. The minimum atomic E-state index is -3.45. The Balaban J connectivity index is 0.000000757. The Morgan fingerprint density at radius 2 is 1.90 bits per heavy atom.